The molecule has 1 aliphatic carbocycles. The average Bonchev–Trinajstić information content (AvgIpc) is 2.81. The summed E-state index contributed by atoms with van der Waals surface area (Å²) in [6, 6.07) is 8.17. The van der Waals surface area contributed by atoms with E-state index in [1.807, 2.05) is 24.4 Å². The van der Waals surface area contributed by atoms with Gasteiger partial charge in [0.2, 0.25) is 10.0 Å². The number of benzene rings is 1. The van der Waals surface area contributed by atoms with Gasteiger partial charge in [-0.15, -0.1) is 11.3 Å². The number of hydrogen-bond acceptors (Lipinski definition) is 4. The minimum absolute atomic E-state index is 0.251. The average molecular weight is 322 g/mol. The Balaban J connectivity index is 1.75. The van der Waals surface area contributed by atoms with Crippen LogP contribution in [0.15, 0.2) is 34.5 Å². The predicted molar refractivity (Wildman–Crippen MR) is 85.0 cm³/mol. The molecule has 4 nitrogen and oxygen atoms in total. The van der Waals surface area contributed by atoms with Crippen molar-refractivity contribution in [3.05, 3.63) is 51.2 Å². The minimum atomic E-state index is -3.48. The van der Waals surface area contributed by atoms with Gasteiger partial charge < -0.3 is 5.73 Å². The Morgan fingerprint density at radius 3 is 2.86 bits per heavy atom. The van der Waals surface area contributed by atoms with E-state index in [0.29, 0.717) is 16.3 Å². The topological polar surface area (TPSA) is 72.2 Å². The fourth-order valence-corrected chi connectivity index (χ4v) is 5.60. The van der Waals surface area contributed by atoms with Crippen molar-refractivity contribution < 1.29 is 8.42 Å². The van der Waals surface area contributed by atoms with Crippen molar-refractivity contribution in [3.63, 3.8) is 0 Å². The molecule has 0 amide bonds. The van der Waals surface area contributed by atoms with E-state index in [-0.39, 0.29) is 12.5 Å². The first-order valence-electron chi connectivity index (χ1n) is 6.87. The van der Waals surface area contributed by atoms with Gasteiger partial charge in [0, 0.05) is 23.9 Å². The molecule has 1 atom stereocenters. The molecule has 6 heteroatoms. The van der Waals surface area contributed by atoms with Gasteiger partial charge in [-0.2, -0.15) is 0 Å². The first-order valence-corrected chi connectivity index (χ1v) is 9.23. The van der Waals surface area contributed by atoms with E-state index in [4.69, 9.17) is 5.73 Å². The molecular formula is C15H18N2O2S2. The summed E-state index contributed by atoms with van der Waals surface area (Å²) in [5, 5.41) is 1.84. The van der Waals surface area contributed by atoms with Crippen LogP contribution in [-0.4, -0.2) is 15.0 Å². The summed E-state index contributed by atoms with van der Waals surface area (Å²) < 4.78 is 27.7. The Bertz CT molecular complexity index is 766. The standard InChI is InChI=1S/C15H18N2O2S2/c1-10-9-20-14(7-16)15(10)21(18,19)17-8-12-6-11-4-2-3-5-13(11)12/h2-5,9,12,17H,6-8,16H2,1H3. The zero-order valence-electron chi connectivity index (χ0n) is 11.8. The summed E-state index contributed by atoms with van der Waals surface area (Å²) in [4.78, 5) is 1.08. The highest BCUT2D eigenvalue weighted by molar-refractivity contribution is 7.89. The van der Waals surface area contributed by atoms with E-state index in [2.05, 4.69) is 16.9 Å². The highest BCUT2D eigenvalue weighted by Crippen LogP contribution is 2.34. The number of thiophene rings is 1. The van der Waals surface area contributed by atoms with Crippen LogP contribution in [0.3, 0.4) is 0 Å². The van der Waals surface area contributed by atoms with Crippen LogP contribution in [0.2, 0.25) is 0 Å². The van der Waals surface area contributed by atoms with Crippen molar-refractivity contribution >= 4 is 21.4 Å². The highest BCUT2D eigenvalue weighted by atomic mass is 32.2. The van der Waals surface area contributed by atoms with Gasteiger partial charge >= 0.3 is 0 Å². The first-order chi connectivity index (χ1) is 10.0. The summed E-state index contributed by atoms with van der Waals surface area (Å²) in [6.07, 6.45) is 0.936. The van der Waals surface area contributed by atoms with Gasteiger partial charge in [-0.05, 0) is 35.4 Å². The van der Waals surface area contributed by atoms with Crippen LogP contribution in [0.1, 0.15) is 27.5 Å². The Hall–Kier alpha value is -1.21. The zero-order valence-corrected chi connectivity index (χ0v) is 13.4. The highest BCUT2D eigenvalue weighted by Gasteiger charge is 2.28. The van der Waals surface area contributed by atoms with Crippen LogP contribution in [0, 0.1) is 6.92 Å². The lowest BCUT2D eigenvalue weighted by atomic mass is 9.78. The minimum Gasteiger partial charge on any atom is -0.326 e. The maximum absolute atomic E-state index is 12.5. The fourth-order valence-electron chi connectivity index (χ4n) is 2.82. The molecule has 2 aromatic rings. The smallest absolute Gasteiger partial charge is 0.242 e. The molecule has 0 saturated heterocycles. The number of nitrogens with one attached hydrogen (secondary N) is 1. The van der Waals surface area contributed by atoms with Gasteiger partial charge in [0.05, 0.1) is 0 Å². The second-order valence-corrected chi connectivity index (χ2v) is 7.99. The lowest BCUT2D eigenvalue weighted by molar-refractivity contribution is 0.551. The van der Waals surface area contributed by atoms with Crippen molar-refractivity contribution in [1.82, 2.24) is 4.72 Å². The number of hydrogen-bond donors (Lipinski definition) is 2. The molecule has 1 unspecified atom stereocenters. The van der Waals surface area contributed by atoms with Crippen LogP contribution >= 0.6 is 11.3 Å². The predicted octanol–water partition coefficient (Wildman–Crippen LogP) is 2.13. The first kappa shape index (κ1) is 14.7. The van der Waals surface area contributed by atoms with Crippen LogP contribution in [0.4, 0.5) is 0 Å². The molecule has 0 bridgehead atoms. The van der Waals surface area contributed by atoms with Gasteiger partial charge in [-0.1, -0.05) is 24.3 Å². The lowest BCUT2D eigenvalue weighted by Crippen LogP contribution is -2.33. The van der Waals surface area contributed by atoms with E-state index >= 15 is 0 Å². The second kappa shape index (κ2) is 5.53. The van der Waals surface area contributed by atoms with Gasteiger partial charge in [-0.25, -0.2) is 13.1 Å². The van der Waals surface area contributed by atoms with Crippen molar-refractivity contribution in [2.24, 2.45) is 5.73 Å². The van der Waals surface area contributed by atoms with Crippen molar-refractivity contribution in [2.75, 3.05) is 6.54 Å². The Morgan fingerprint density at radius 2 is 2.14 bits per heavy atom. The van der Waals surface area contributed by atoms with E-state index in [1.165, 1.54) is 22.5 Å². The van der Waals surface area contributed by atoms with Crippen molar-refractivity contribution in [1.29, 1.82) is 0 Å². The van der Waals surface area contributed by atoms with Crippen molar-refractivity contribution in [3.8, 4) is 0 Å². The molecule has 0 aliphatic heterocycles. The summed E-state index contributed by atoms with van der Waals surface area (Å²) in [7, 11) is -3.48. The molecule has 0 saturated carbocycles. The molecule has 112 valence electrons. The number of rotatable bonds is 5. The third-order valence-electron chi connectivity index (χ3n) is 3.92. The second-order valence-electron chi connectivity index (χ2n) is 5.33. The summed E-state index contributed by atoms with van der Waals surface area (Å²) >= 11 is 1.40. The molecule has 21 heavy (non-hydrogen) atoms. The summed E-state index contributed by atoms with van der Waals surface area (Å²) in [6.45, 7) is 2.50. The van der Waals surface area contributed by atoms with Gasteiger partial charge in [0.15, 0.2) is 0 Å². The number of aryl methyl sites for hydroxylation is 1. The molecule has 1 aliphatic rings. The molecule has 1 aromatic carbocycles. The Kier molecular flexibility index (Phi) is 3.88. The maximum Gasteiger partial charge on any atom is 0.242 e. The number of sulfonamides is 1. The van der Waals surface area contributed by atoms with Gasteiger partial charge in [0.25, 0.3) is 0 Å². The molecular weight excluding hydrogens is 304 g/mol. The quantitative estimate of drug-likeness (QED) is 0.886. The SMILES string of the molecule is Cc1csc(CN)c1S(=O)(=O)NCC1Cc2ccccc21. The monoisotopic (exact) mass is 322 g/mol. The number of fused-ring (bicyclic) bond motifs is 1. The van der Waals surface area contributed by atoms with E-state index in [9.17, 15) is 8.42 Å². The van der Waals surface area contributed by atoms with Crippen molar-refractivity contribution in [2.45, 2.75) is 30.7 Å². The maximum atomic E-state index is 12.5. The molecule has 0 spiro atoms. The van der Waals surface area contributed by atoms with Gasteiger partial charge in [-0.3, -0.25) is 0 Å². The Labute approximate surface area is 129 Å². The molecule has 3 rings (SSSR count). The largest absolute Gasteiger partial charge is 0.326 e. The van der Waals surface area contributed by atoms with Gasteiger partial charge in [0.1, 0.15) is 4.90 Å². The number of nitrogens with two attached hydrogens (primary N) is 1. The Morgan fingerprint density at radius 1 is 1.38 bits per heavy atom. The molecule has 1 aromatic heterocycles. The molecule has 0 radical (unpaired) electrons. The van der Waals surface area contributed by atoms with E-state index < -0.39 is 10.0 Å². The summed E-state index contributed by atoms with van der Waals surface area (Å²) in [5.41, 5.74) is 8.97. The third kappa shape index (κ3) is 2.64. The van der Waals surface area contributed by atoms with E-state index in [0.717, 1.165) is 12.0 Å². The lowest BCUT2D eigenvalue weighted by Gasteiger charge is -2.30. The normalized spacial score (nSPS) is 17.3. The third-order valence-corrected chi connectivity index (χ3v) is 6.83. The van der Waals surface area contributed by atoms with E-state index in [1.54, 1.807) is 0 Å². The van der Waals surface area contributed by atoms with Crippen LogP contribution in [0.25, 0.3) is 0 Å². The van der Waals surface area contributed by atoms with Crippen LogP contribution < -0.4 is 10.5 Å². The fraction of sp³-hybridized carbons (Fsp3) is 0.333. The molecule has 1 heterocycles. The van der Waals surface area contributed by atoms with Crippen LogP contribution in [-0.2, 0) is 23.0 Å². The zero-order chi connectivity index (χ0) is 15.0. The molecule has 0 fully saturated rings. The summed E-state index contributed by atoms with van der Waals surface area (Å²) in [5.74, 6) is 0.274. The van der Waals surface area contributed by atoms with Crippen LogP contribution in [0.5, 0.6) is 0 Å². The molecule has 3 N–H and O–H groups in total.